The van der Waals surface area contributed by atoms with Gasteiger partial charge in [0.15, 0.2) is 0 Å². The zero-order valence-corrected chi connectivity index (χ0v) is 20.6. The molecule has 3 heteroatoms. The SMILES string of the molecule is C[CH]=[Ti]([Cl])[Cl].Cc1cc2c([cH-]1)CCCC2C.Cc1cc2c([cH-]1)CCCC2C. The number of halogens is 2. The summed E-state index contributed by atoms with van der Waals surface area (Å²) in [5.41, 5.74) is 9.36. The molecule has 0 heterocycles. The molecule has 4 rings (SSSR count). The number of fused-ring (bicyclic) bond motifs is 2. The van der Waals surface area contributed by atoms with Crippen LogP contribution in [0, 0.1) is 13.8 Å². The Hall–Kier alpha value is -0.136. The van der Waals surface area contributed by atoms with E-state index in [2.05, 4.69) is 52.0 Å². The largest absolute Gasteiger partial charge is 0.207 e. The summed E-state index contributed by atoms with van der Waals surface area (Å²) in [6.45, 7) is 11.0. The van der Waals surface area contributed by atoms with E-state index >= 15 is 0 Å². The van der Waals surface area contributed by atoms with Crippen molar-refractivity contribution in [2.75, 3.05) is 0 Å². The van der Waals surface area contributed by atoms with Gasteiger partial charge >= 0.3 is 45.1 Å². The van der Waals surface area contributed by atoms with Crippen molar-refractivity contribution in [3.63, 3.8) is 0 Å². The number of aryl methyl sites for hydroxylation is 4. The van der Waals surface area contributed by atoms with E-state index in [1.54, 1.807) is 22.3 Å². The fourth-order valence-electron chi connectivity index (χ4n) is 4.33. The molecule has 150 valence electrons. The second-order valence-electron chi connectivity index (χ2n) is 8.19. The molecule has 2 aromatic carbocycles. The molecule has 0 spiro atoms. The fourth-order valence-corrected chi connectivity index (χ4v) is 4.33. The van der Waals surface area contributed by atoms with Crippen LogP contribution in [0.2, 0.25) is 0 Å². The van der Waals surface area contributed by atoms with Crippen LogP contribution in [0.25, 0.3) is 0 Å². The summed E-state index contributed by atoms with van der Waals surface area (Å²) >= 11 is -1.54. The van der Waals surface area contributed by atoms with Crippen LogP contribution in [0.1, 0.15) is 91.7 Å². The van der Waals surface area contributed by atoms with Gasteiger partial charge in [-0.1, -0.05) is 78.1 Å². The molecule has 2 aliphatic carbocycles. The van der Waals surface area contributed by atoms with Gasteiger partial charge in [-0.2, -0.15) is 45.5 Å². The van der Waals surface area contributed by atoms with E-state index in [0.29, 0.717) is 0 Å². The monoisotopic (exact) mass is 440 g/mol. The van der Waals surface area contributed by atoms with E-state index < -0.39 is 15.3 Å². The van der Waals surface area contributed by atoms with Crippen molar-refractivity contribution in [2.24, 2.45) is 0 Å². The summed E-state index contributed by atoms with van der Waals surface area (Å²) in [6.07, 6.45) is 8.17. The van der Waals surface area contributed by atoms with E-state index in [0.717, 1.165) is 11.8 Å². The van der Waals surface area contributed by atoms with Crippen LogP contribution in [-0.2, 0) is 28.1 Å². The van der Waals surface area contributed by atoms with E-state index in [1.165, 1.54) is 49.7 Å². The van der Waals surface area contributed by atoms with Crippen molar-refractivity contribution in [2.45, 2.75) is 85.0 Å². The molecule has 2 unspecified atom stereocenters. The molecule has 27 heavy (non-hydrogen) atoms. The van der Waals surface area contributed by atoms with Gasteiger partial charge in [0.25, 0.3) is 0 Å². The normalized spacial score (nSPS) is 20.3. The van der Waals surface area contributed by atoms with Crippen molar-refractivity contribution < 1.29 is 15.3 Å². The van der Waals surface area contributed by atoms with Crippen molar-refractivity contribution in [1.29, 1.82) is 0 Å². The maximum absolute atomic E-state index is 5.34. The molecule has 0 aromatic heterocycles. The first-order valence-corrected chi connectivity index (χ1v) is 15.5. The molecular weight excluding hydrogens is 407 g/mol. The molecule has 0 radical (unpaired) electrons. The first kappa shape index (κ1) is 23.1. The molecule has 0 fully saturated rings. The average Bonchev–Trinajstić information content (AvgIpc) is 3.19. The second-order valence-corrected chi connectivity index (χ2v) is 14.2. The summed E-state index contributed by atoms with van der Waals surface area (Å²) in [4.78, 5) is 0. The molecule has 0 saturated carbocycles. The smallest absolute Gasteiger partial charge is 0.0512 e. The second kappa shape index (κ2) is 11.2. The third-order valence-electron chi connectivity index (χ3n) is 5.76. The van der Waals surface area contributed by atoms with Crippen molar-refractivity contribution >= 4 is 22.9 Å². The standard InChI is InChI=1S/2C11H15.C2H4.2ClH.Ti/c2*1-8-6-10-5-3-4-9(2)11(10)7-8;1-2;;;/h2*6-7,9H,3-5H2,1-2H3;1H,2H3;2*1H;/q2*-1;;;;+2/p-2. The predicted octanol–water partition coefficient (Wildman–Crippen LogP) is 8.04. The van der Waals surface area contributed by atoms with E-state index in [4.69, 9.17) is 18.6 Å². The predicted molar refractivity (Wildman–Crippen MR) is 120 cm³/mol. The van der Waals surface area contributed by atoms with Crippen molar-refractivity contribution in [3.8, 4) is 0 Å². The van der Waals surface area contributed by atoms with Crippen LogP contribution in [-0.4, -0.2) is 4.31 Å². The van der Waals surface area contributed by atoms with E-state index in [-0.39, 0.29) is 0 Å². The summed E-state index contributed by atoms with van der Waals surface area (Å²) in [6, 6.07) is 9.42. The third kappa shape index (κ3) is 7.00. The molecule has 2 atom stereocenters. The third-order valence-corrected chi connectivity index (χ3v) is 8.24. The molecule has 0 N–H and O–H groups in total. The van der Waals surface area contributed by atoms with Gasteiger partial charge in [-0.15, -0.1) is 0 Å². The number of hydrogen-bond donors (Lipinski definition) is 0. The van der Waals surface area contributed by atoms with Crippen LogP contribution in [0.5, 0.6) is 0 Å². The molecular formula is C24H34Cl2Ti-2. The minimum Gasteiger partial charge on any atom is -0.207 e. The van der Waals surface area contributed by atoms with Crippen LogP contribution in [0.15, 0.2) is 24.3 Å². The Balaban J connectivity index is 0.000000157. The van der Waals surface area contributed by atoms with Gasteiger partial charge in [-0.3, -0.25) is 0 Å². The molecule has 2 aromatic rings. The molecule has 0 amide bonds. The Kier molecular flexibility index (Phi) is 9.56. The summed E-state index contributed by atoms with van der Waals surface area (Å²) in [5, 5.41) is 0. The van der Waals surface area contributed by atoms with E-state index in [9.17, 15) is 0 Å². The fraction of sp³-hybridized carbons (Fsp3) is 0.542. The maximum atomic E-state index is 5.34. The quantitative estimate of drug-likeness (QED) is 0.287. The summed E-state index contributed by atoms with van der Waals surface area (Å²) in [7, 11) is 10.7. The Morgan fingerprint density at radius 2 is 1.26 bits per heavy atom. The Labute approximate surface area is 180 Å². The summed E-state index contributed by atoms with van der Waals surface area (Å²) < 4.78 is 1.86. The maximum Gasteiger partial charge on any atom is -0.0512 e. The van der Waals surface area contributed by atoms with Gasteiger partial charge in [0.05, 0.1) is 0 Å². The van der Waals surface area contributed by atoms with E-state index in [1.807, 2.05) is 11.2 Å². The molecule has 2 aliphatic rings. The van der Waals surface area contributed by atoms with Gasteiger partial charge in [0, 0.05) is 0 Å². The van der Waals surface area contributed by atoms with Crippen molar-refractivity contribution in [3.05, 3.63) is 57.6 Å². The minimum atomic E-state index is -1.54. The van der Waals surface area contributed by atoms with Gasteiger partial charge in [-0.25, -0.2) is 12.1 Å². The first-order chi connectivity index (χ1) is 12.8. The Morgan fingerprint density at radius 3 is 1.56 bits per heavy atom. The molecule has 0 nitrogen and oxygen atoms in total. The number of rotatable bonds is 0. The Bertz CT molecular complexity index is 690. The molecule has 0 saturated heterocycles. The number of hydrogen-bond acceptors (Lipinski definition) is 0. The van der Waals surface area contributed by atoms with Crippen molar-refractivity contribution in [1.82, 2.24) is 0 Å². The van der Waals surface area contributed by atoms with Gasteiger partial charge in [-0.05, 0) is 0 Å². The van der Waals surface area contributed by atoms with Crippen LogP contribution >= 0.6 is 18.6 Å². The average molecular weight is 441 g/mol. The van der Waals surface area contributed by atoms with Gasteiger partial charge in [0.2, 0.25) is 0 Å². The van der Waals surface area contributed by atoms with Crippen LogP contribution in [0.4, 0.5) is 0 Å². The summed E-state index contributed by atoms with van der Waals surface area (Å²) in [5.74, 6) is 1.62. The minimum absolute atomic E-state index is 0.812. The Morgan fingerprint density at radius 1 is 0.889 bits per heavy atom. The zero-order valence-electron chi connectivity index (χ0n) is 17.5. The van der Waals surface area contributed by atoms with Gasteiger partial charge in [0.1, 0.15) is 0 Å². The van der Waals surface area contributed by atoms with Crippen LogP contribution in [0.3, 0.4) is 0 Å². The molecule has 0 bridgehead atoms. The molecule has 0 aliphatic heterocycles. The zero-order chi connectivity index (χ0) is 20.0. The topological polar surface area (TPSA) is 0 Å². The first-order valence-electron chi connectivity index (χ1n) is 10.3. The van der Waals surface area contributed by atoms with Crippen LogP contribution < -0.4 is 0 Å². The van der Waals surface area contributed by atoms with Gasteiger partial charge < -0.3 is 0 Å².